The lowest BCUT2D eigenvalue weighted by Gasteiger charge is -2.40. The third kappa shape index (κ3) is 2.39. The molecule has 2 saturated carbocycles. The van der Waals surface area contributed by atoms with E-state index in [-0.39, 0.29) is 17.6 Å². The van der Waals surface area contributed by atoms with E-state index in [1.807, 2.05) is 0 Å². The van der Waals surface area contributed by atoms with E-state index in [0.717, 1.165) is 45.3 Å². The summed E-state index contributed by atoms with van der Waals surface area (Å²) < 4.78 is 11.5. The van der Waals surface area contributed by atoms with Crippen LogP contribution in [0.1, 0.15) is 38.5 Å². The van der Waals surface area contributed by atoms with Crippen molar-refractivity contribution in [1.29, 1.82) is 0 Å². The normalized spacial score (nSPS) is 49.0. The number of carboxylic acid groups (broad SMARTS) is 1. The second kappa shape index (κ2) is 5.21. The summed E-state index contributed by atoms with van der Waals surface area (Å²) in [6.07, 6.45) is 6.33. The molecule has 2 aliphatic heterocycles. The molecular weight excluding hydrogens is 270 g/mol. The van der Waals surface area contributed by atoms with Gasteiger partial charge in [0.1, 0.15) is 0 Å². The first-order valence-corrected chi connectivity index (χ1v) is 8.37. The van der Waals surface area contributed by atoms with Gasteiger partial charge in [-0.1, -0.05) is 0 Å². The molecule has 0 aromatic carbocycles. The Balaban J connectivity index is 1.44. The second-order valence-corrected chi connectivity index (χ2v) is 7.41. The first-order valence-electron chi connectivity index (χ1n) is 8.37. The lowest BCUT2D eigenvalue weighted by molar-refractivity contribution is -0.144. The lowest BCUT2D eigenvalue weighted by Crippen LogP contribution is -2.54. The molecule has 4 aliphatic rings. The quantitative estimate of drug-likeness (QED) is 0.824. The summed E-state index contributed by atoms with van der Waals surface area (Å²) >= 11 is 0. The van der Waals surface area contributed by atoms with Crippen molar-refractivity contribution in [3.63, 3.8) is 0 Å². The summed E-state index contributed by atoms with van der Waals surface area (Å²) in [6, 6.07) is 0.551. The highest BCUT2D eigenvalue weighted by atomic mass is 16.6. The Bertz CT molecular complexity index is 421. The number of fused-ring (bicyclic) bond motifs is 2. The van der Waals surface area contributed by atoms with Crippen LogP contribution in [0.25, 0.3) is 0 Å². The largest absolute Gasteiger partial charge is 0.481 e. The molecule has 0 aromatic heterocycles. The molecule has 1 spiro atoms. The van der Waals surface area contributed by atoms with Crippen LogP contribution in [-0.4, -0.2) is 48.6 Å². The molecule has 2 saturated heterocycles. The molecule has 118 valence electrons. The number of ether oxygens (including phenoxy) is 2. The van der Waals surface area contributed by atoms with Crippen molar-refractivity contribution < 1.29 is 19.4 Å². The Morgan fingerprint density at radius 3 is 2.81 bits per heavy atom. The summed E-state index contributed by atoms with van der Waals surface area (Å²) in [5.41, 5.74) is -0.105. The number of carbonyl (C=O) groups is 1. The van der Waals surface area contributed by atoms with Gasteiger partial charge in [-0.2, -0.15) is 0 Å². The molecular formula is C16H25NO4. The van der Waals surface area contributed by atoms with E-state index >= 15 is 0 Å². The van der Waals surface area contributed by atoms with Gasteiger partial charge in [-0.25, -0.2) is 0 Å². The molecule has 4 rings (SSSR count). The maximum atomic E-state index is 11.6. The number of rotatable bonds is 3. The molecule has 0 amide bonds. The second-order valence-electron chi connectivity index (χ2n) is 7.41. The van der Waals surface area contributed by atoms with Gasteiger partial charge in [-0.05, 0) is 43.9 Å². The number of hydrogen-bond acceptors (Lipinski definition) is 4. The predicted octanol–water partition coefficient (Wildman–Crippen LogP) is 1.41. The topological polar surface area (TPSA) is 67.8 Å². The molecule has 0 aromatic rings. The highest BCUT2D eigenvalue weighted by Gasteiger charge is 2.52. The number of nitrogens with one attached hydrogen (secondary N) is 1. The smallest absolute Gasteiger partial charge is 0.308 e. The van der Waals surface area contributed by atoms with Crippen LogP contribution in [0.3, 0.4) is 0 Å². The first-order chi connectivity index (χ1) is 10.2. The van der Waals surface area contributed by atoms with E-state index in [9.17, 15) is 9.90 Å². The van der Waals surface area contributed by atoms with Crippen LogP contribution in [-0.2, 0) is 14.3 Å². The van der Waals surface area contributed by atoms with Gasteiger partial charge in [0.15, 0.2) is 0 Å². The third-order valence-corrected chi connectivity index (χ3v) is 6.19. The number of carboxylic acids is 1. The molecule has 21 heavy (non-hydrogen) atoms. The molecule has 6 unspecified atom stereocenters. The Kier molecular flexibility index (Phi) is 3.47. The van der Waals surface area contributed by atoms with E-state index in [0.29, 0.717) is 24.5 Å². The average molecular weight is 295 g/mol. The zero-order valence-electron chi connectivity index (χ0n) is 12.4. The van der Waals surface area contributed by atoms with E-state index in [4.69, 9.17) is 9.47 Å². The van der Waals surface area contributed by atoms with Gasteiger partial charge in [-0.15, -0.1) is 0 Å². The van der Waals surface area contributed by atoms with Crippen molar-refractivity contribution in [3.05, 3.63) is 0 Å². The predicted molar refractivity (Wildman–Crippen MR) is 76.0 cm³/mol. The number of aliphatic carboxylic acids is 1. The van der Waals surface area contributed by atoms with Gasteiger partial charge in [0.2, 0.25) is 0 Å². The summed E-state index contributed by atoms with van der Waals surface area (Å²) in [7, 11) is 0. The van der Waals surface area contributed by atoms with Gasteiger partial charge < -0.3 is 19.9 Å². The molecule has 2 heterocycles. The fourth-order valence-corrected chi connectivity index (χ4v) is 5.19. The van der Waals surface area contributed by atoms with Gasteiger partial charge >= 0.3 is 5.97 Å². The molecule has 2 bridgehead atoms. The standard InChI is InChI=1S/C16H25NO4/c18-15(19)13-10-1-2-11(7-10)14(13)17-12-3-5-21-16(8-12)4-6-20-9-16/h10-14,17H,1-9H2,(H,18,19). The van der Waals surface area contributed by atoms with Crippen molar-refractivity contribution >= 4 is 5.97 Å². The van der Waals surface area contributed by atoms with Crippen molar-refractivity contribution in [2.45, 2.75) is 56.2 Å². The zero-order valence-corrected chi connectivity index (χ0v) is 12.4. The van der Waals surface area contributed by atoms with Crippen LogP contribution < -0.4 is 5.32 Å². The fraction of sp³-hybridized carbons (Fsp3) is 0.938. The lowest BCUT2D eigenvalue weighted by atomic mass is 9.82. The summed E-state index contributed by atoms with van der Waals surface area (Å²) in [4.78, 5) is 11.6. The van der Waals surface area contributed by atoms with Crippen molar-refractivity contribution in [1.82, 2.24) is 5.32 Å². The van der Waals surface area contributed by atoms with E-state index in [2.05, 4.69) is 5.32 Å². The van der Waals surface area contributed by atoms with Gasteiger partial charge in [0, 0.05) is 31.7 Å². The molecule has 2 N–H and O–H groups in total. The van der Waals surface area contributed by atoms with E-state index in [1.165, 1.54) is 6.42 Å². The van der Waals surface area contributed by atoms with Gasteiger partial charge in [0.25, 0.3) is 0 Å². The van der Waals surface area contributed by atoms with Crippen LogP contribution in [0.5, 0.6) is 0 Å². The molecule has 5 nitrogen and oxygen atoms in total. The Morgan fingerprint density at radius 2 is 2.05 bits per heavy atom. The summed E-state index contributed by atoms with van der Waals surface area (Å²) in [5, 5.41) is 13.3. The van der Waals surface area contributed by atoms with Crippen LogP contribution in [0, 0.1) is 17.8 Å². The van der Waals surface area contributed by atoms with Crippen molar-refractivity contribution in [2.24, 2.45) is 17.8 Å². The maximum Gasteiger partial charge on any atom is 0.308 e. The molecule has 2 aliphatic carbocycles. The Hall–Kier alpha value is -0.650. The SMILES string of the molecule is O=C(O)C1C2CCC(C2)C1NC1CCOC2(CCOC2)C1. The highest BCUT2D eigenvalue weighted by Crippen LogP contribution is 2.49. The summed E-state index contributed by atoms with van der Waals surface area (Å²) in [6.45, 7) is 2.25. The highest BCUT2D eigenvalue weighted by molar-refractivity contribution is 5.72. The first kappa shape index (κ1) is 14.0. The molecule has 4 fully saturated rings. The van der Waals surface area contributed by atoms with Crippen molar-refractivity contribution in [2.75, 3.05) is 19.8 Å². The third-order valence-electron chi connectivity index (χ3n) is 6.19. The Morgan fingerprint density at radius 1 is 1.19 bits per heavy atom. The van der Waals surface area contributed by atoms with E-state index < -0.39 is 5.97 Å². The maximum absolute atomic E-state index is 11.6. The minimum Gasteiger partial charge on any atom is -0.481 e. The fourth-order valence-electron chi connectivity index (χ4n) is 5.19. The molecule has 5 heteroatoms. The van der Waals surface area contributed by atoms with Crippen molar-refractivity contribution in [3.8, 4) is 0 Å². The Labute approximate surface area is 125 Å². The zero-order chi connectivity index (χ0) is 14.4. The van der Waals surface area contributed by atoms with Crippen LogP contribution in [0.2, 0.25) is 0 Å². The number of hydrogen-bond donors (Lipinski definition) is 2. The monoisotopic (exact) mass is 295 g/mol. The van der Waals surface area contributed by atoms with Gasteiger partial charge in [-0.3, -0.25) is 4.79 Å². The molecule has 0 radical (unpaired) electrons. The summed E-state index contributed by atoms with van der Waals surface area (Å²) in [5.74, 6) is 0.177. The van der Waals surface area contributed by atoms with Crippen LogP contribution in [0.4, 0.5) is 0 Å². The minimum absolute atomic E-state index is 0.105. The van der Waals surface area contributed by atoms with Crippen LogP contribution in [0.15, 0.2) is 0 Å². The van der Waals surface area contributed by atoms with E-state index in [1.54, 1.807) is 0 Å². The minimum atomic E-state index is -0.606. The average Bonchev–Trinajstić information content (AvgIpc) is 3.15. The van der Waals surface area contributed by atoms with Gasteiger partial charge in [0.05, 0.1) is 18.1 Å². The molecule has 6 atom stereocenters. The van der Waals surface area contributed by atoms with Crippen LogP contribution >= 0.6 is 0 Å².